The summed E-state index contributed by atoms with van der Waals surface area (Å²) in [6.07, 6.45) is 0.529. The highest BCUT2D eigenvalue weighted by atomic mass is 32.2. The van der Waals surface area contributed by atoms with Crippen molar-refractivity contribution in [2.75, 3.05) is 5.75 Å². The third-order valence-electron chi connectivity index (χ3n) is 1.77. The number of benzene rings is 1. The number of nitro groups is 1. The van der Waals surface area contributed by atoms with Gasteiger partial charge in [0.25, 0.3) is 5.69 Å². The van der Waals surface area contributed by atoms with E-state index in [9.17, 15) is 14.9 Å². The Morgan fingerprint density at radius 3 is 2.47 bits per heavy atom. The maximum atomic E-state index is 10.7. The van der Waals surface area contributed by atoms with Gasteiger partial charge in [-0.2, -0.15) is 0 Å². The highest BCUT2D eigenvalue weighted by molar-refractivity contribution is 7.99. The van der Waals surface area contributed by atoms with Crippen LogP contribution in [0.25, 0.3) is 0 Å². The number of ketones is 1. The second kappa shape index (κ2) is 5.50. The number of rotatable bonds is 5. The van der Waals surface area contributed by atoms with Crippen LogP contribution in [0.15, 0.2) is 29.2 Å². The lowest BCUT2D eigenvalue weighted by atomic mass is 10.3. The average molecular weight is 225 g/mol. The van der Waals surface area contributed by atoms with Gasteiger partial charge in [-0.1, -0.05) is 0 Å². The van der Waals surface area contributed by atoms with E-state index >= 15 is 0 Å². The summed E-state index contributed by atoms with van der Waals surface area (Å²) in [7, 11) is 0. The van der Waals surface area contributed by atoms with Gasteiger partial charge >= 0.3 is 0 Å². The fraction of sp³-hybridized carbons (Fsp3) is 0.300. The molecule has 0 amide bonds. The molecule has 5 heteroatoms. The predicted molar refractivity (Wildman–Crippen MR) is 59.1 cm³/mol. The first kappa shape index (κ1) is 11.7. The van der Waals surface area contributed by atoms with E-state index in [4.69, 9.17) is 0 Å². The summed E-state index contributed by atoms with van der Waals surface area (Å²) in [5.41, 5.74) is 0.0888. The number of nitrogens with zero attached hydrogens (tertiary/aromatic N) is 1. The minimum Gasteiger partial charge on any atom is -0.300 e. The number of thioether (sulfide) groups is 1. The van der Waals surface area contributed by atoms with E-state index in [2.05, 4.69) is 0 Å². The van der Waals surface area contributed by atoms with E-state index in [-0.39, 0.29) is 11.5 Å². The zero-order chi connectivity index (χ0) is 11.3. The lowest BCUT2D eigenvalue weighted by Gasteiger charge is -1.99. The van der Waals surface area contributed by atoms with Crippen LogP contribution in [0.1, 0.15) is 13.3 Å². The Bertz CT molecular complexity index is 361. The van der Waals surface area contributed by atoms with Crippen molar-refractivity contribution in [3.63, 3.8) is 0 Å². The van der Waals surface area contributed by atoms with E-state index in [0.717, 1.165) is 4.90 Å². The average Bonchev–Trinajstić information content (AvgIpc) is 2.18. The van der Waals surface area contributed by atoms with Crippen molar-refractivity contribution in [3.05, 3.63) is 34.4 Å². The third-order valence-corrected chi connectivity index (χ3v) is 2.78. The number of hydrogen-bond donors (Lipinski definition) is 0. The molecular weight excluding hydrogens is 214 g/mol. The fourth-order valence-corrected chi connectivity index (χ4v) is 1.93. The molecule has 0 fully saturated rings. The van der Waals surface area contributed by atoms with Gasteiger partial charge in [0.15, 0.2) is 0 Å². The number of nitro benzene ring substituents is 1. The molecular formula is C10H11NO3S. The molecule has 0 saturated heterocycles. The molecule has 1 aromatic carbocycles. The lowest BCUT2D eigenvalue weighted by molar-refractivity contribution is -0.384. The van der Waals surface area contributed by atoms with Crippen molar-refractivity contribution >= 4 is 23.2 Å². The summed E-state index contributed by atoms with van der Waals surface area (Å²) >= 11 is 1.53. The summed E-state index contributed by atoms with van der Waals surface area (Å²) in [6, 6.07) is 6.33. The van der Waals surface area contributed by atoms with E-state index in [1.807, 2.05) is 0 Å². The van der Waals surface area contributed by atoms with Crippen LogP contribution in [-0.2, 0) is 4.79 Å². The third kappa shape index (κ3) is 4.12. The first-order chi connectivity index (χ1) is 7.09. The Morgan fingerprint density at radius 1 is 1.40 bits per heavy atom. The van der Waals surface area contributed by atoms with Crippen LogP contribution in [0.3, 0.4) is 0 Å². The zero-order valence-electron chi connectivity index (χ0n) is 8.30. The molecule has 0 aliphatic carbocycles. The van der Waals surface area contributed by atoms with E-state index < -0.39 is 4.92 Å². The van der Waals surface area contributed by atoms with Gasteiger partial charge in [0.1, 0.15) is 5.78 Å². The van der Waals surface area contributed by atoms with Crippen LogP contribution in [0.2, 0.25) is 0 Å². The highest BCUT2D eigenvalue weighted by Crippen LogP contribution is 2.21. The van der Waals surface area contributed by atoms with Gasteiger partial charge in [-0.3, -0.25) is 14.9 Å². The summed E-state index contributed by atoms with van der Waals surface area (Å²) < 4.78 is 0. The minimum absolute atomic E-state index is 0.0888. The SMILES string of the molecule is CC(=O)CCSc1ccc([N+](=O)[O-])cc1. The van der Waals surface area contributed by atoms with E-state index in [0.29, 0.717) is 12.2 Å². The van der Waals surface area contributed by atoms with E-state index in [1.165, 1.54) is 23.9 Å². The Morgan fingerprint density at radius 2 is 2.00 bits per heavy atom. The molecule has 0 atom stereocenters. The van der Waals surface area contributed by atoms with Gasteiger partial charge < -0.3 is 0 Å². The number of hydrogen-bond acceptors (Lipinski definition) is 4. The van der Waals surface area contributed by atoms with Crippen molar-refractivity contribution in [2.45, 2.75) is 18.2 Å². The monoisotopic (exact) mass is 225 g/mol. The van der Waals surface area contributed by atoms with Crippen molar-refractivity contribution in [1.82, 2.24) is 0 Å². The van der Waals surface area contributed by atoms with Crippen LogP contribution in [0, 0.1) is 10.1 Å². The molecule has 0 heterocycles. The lowest BCUT2D eigenvalue weighted by Crippen LogP contribution is -1.91. The first-order valence-corrected chi connectivity index (χ1v) is 5.45. The Hall–Kier alpha value is -1.36. The first-order valence-electron chi connectivity index (χ1n) is 4.46. The molecule has 0 spiro atoms. The smallest absolute Gasteiger partial charge is 0.269 e. The van der Waals surface area contributed by atoms with Gasteiger partial charge in [-0.25, -0.2) is 0 Å². The Kier molecular flexibility index (Phi) is 4.30. The van der Waals surface area contributed by atoms with Crippen molar-refractivity contribution in [1.29, 1.82) is 0 Å². The van der Waals surface area contributed by atoms with Crippen LogP contribution < -0.4 is 0 Å². The quantitative estimate of drug-likeness (QED) is 0.439. The maximum Gasteiger partial charge on any atom is 0.269 e. The summed E-state index contributed by atoms with van der Waals surface area (Å²) in [5.74, 6) is 0.872. The number of non-ortho nitro benzene ring substituents is 1. The molecule has 0 bridgehead atoms. The molecule has 0 unspecified atom stereocenters. The molecule has 15 heavy (non-hydrogen) atoms. The van der Waals surface area contributed by atoms with Gasteiger partial charge in [-0.05, 0) is 19.1 Å². The summed E-state index contributed by atoms with van der Waals surface area (Å²) in [6.45, 7) is 1.55. The van der Waals surface area contributed by atoms with Crippen LogP contribution >= 0.6 is 11.8 Å². The van der Waals surface area contributed by atoms with Crippen molar-refractivity contribution in [3.8, 4) is 0 Å². The van der Waals surface area contributed by atoms with Gasteiger partial charge in [0.05, 0.1) is 4.92 Å². The molecule has 1 aromatic rings. The van der Waals surface area contributed by atoms with Crippen LogP contribution in [0.4, 0.5) is 5.69 Å². The molecule has 0 radical (unpaired) electrons. The molecule has 0 aliphatic rings. The molecule has 80 valence electrons. The minimum atomic E-state index is -0.427. The van der Waals surface area contributed by atoms with Crippen LogP contribution in [0.5, 0.6) is 0 Å². The summed E-state index contributed by atoms with van der Waals surface area (Å²) in [5, 5.41) is 10.4. The zero-order valence-corrected chi connectivity index (χ0v) is 9.12. The topological polar surface area (TPSA) is 60.2 Å². The van der Waals surface area contributed by atoms with Gasteiger partial charge in [0, 0.05) is 29.2 Å². The highest BCUT2D eigenvalue weighted by Gasteiger charge is 2.04. The predicted octanol–water partition coefficient (Wildman–Crippen LogP) is 2.67. The molecule has 0 aliphatic heterocycles. The Labute approximate surface area is 91.8 Å². The molecule has 0 N–H and O–H groups in total. The molecule has 1 rings (SSSR count). The number of Topliss-reactive ketones (excluding diaryl/α,β-unsaturated/α-hetero) is 1. The second-order valence-electron chi connectivity index (χ2n) is 3.05. The van der Waals surface area contributed by atoms with Gasteiger partial charge in [0.2, 0.25) is 0 Å². The normalized spacial score (nSPS) is 9.93. The summed E-state index contributed by atoms with van der Waals surface area (Å²) in [4.78, 5) is 21.6. The molecule has 4 nitrogen and oxygen atoms in total. The largest absolute Gasteiger partial charge is 0.300 e. The standard InChI is InChI=1S/C10H11NO3S/c1-8(12)6-7-15-10-4-2-9(3-5-10)11(13)14/h2-5H,6-7H2,1H3. The van der Waals surface area contributed by atoms with Crippen molar-refractivity contribution in [2.24, 2.45) is 0 Å². The second-order valence-corrected chi connectivity index (χ2v) is 4.22. The number of carbonyl (C=O) groups is 1. The number of carbonyl (C=O) groups excluding carboxylic acids is 1. The fourth-order valence-electron chi connectivity index (χ4n) is 0.977. The van der Waals surface area contributed by atoms with Crippen molar-refractivity contribution < 1.29 is 9.72 Å². The molecule has 0 saturated carbocycles. The molecule has 0 aromatic heterocycles. The van der Waals surface area contributed by atoms with Crippen LogP contribution in [-0.4, -0.2) is 16.5 Å². The van der Waals surface area contributed by atoms with Gasteiger partial charge in [-0.15, -0.1) is 11.8 Å². The maximum absolute atomic E-state index is 10.7. The van der Waals surface area contributed by atoms with E-state index in [1.54, 1.807) is 19.1 Å². The Balaban J connectivity index is 2.50.